The lowest BCUT2D eigenvalue weighted by Crippen LogP contribution is -2.34. The molecule has 0 spiro atoms. The van der Waals surface area contributed by atoms with Crippen molar-refractivity contribution in [3.63, 3.8) is 0 Å². The lowest BCUT2D eigenvalue weighted by atomic mass is 10.0. The normalized spacial score (nSPS) is 18.2. The number of nitrogens with one attached hydrogen (secondary N) is 1. The smallest absolute Gasteiger partial charge is 0.133 e. The van der Waals surface area contributed by atoms with Gasteiger partial charge in [0.2, 0.25) is 0 Å². The molecule has 0 radical (unpaired) electrons. The number of hydrogen-bond acceptors (Lipinski definition) is 3. The highest BCUT2D eigenvalue weighted by Gasteiger charge is 2.45. The number of aromatic nitrogens is 1. The Labute approximate surface area is 145 Å². The first-order chi connectivity index (χ1) is 11.7. The molecule has 2 heterocycles. The van der Waals surface area contributed by atoms with Crippen LogP contribution in [0, 0.1) is 5.82 Å². The van der Waals surface area contributed by atoms with Gasteiger partial charge >= 0.3 is 0 Å². The molecule has 1 aromatic carbocycles. The molecule has 1 fully saturated rings. The summed E-state index contributed by atoms with van der Waals surface area (Å²) in [4.78, 5) is 8.67. The molecule has 3 nitrogen and oxygen atoms in total. The molecule has 1 aromatic heterocycles. The number of dihydropyridines is 1. The van der Waals surface area contributed by atoms with E-state index in [2.05, 4.69) is 21.4 Å². The van der Waals surface area contributed by atoms with E-state index in [4.69, 9.17) is 11.6 Å². The van der Waals surface area contributed by atoms with Crippen molar-refractivity contribution in [2.45, 2.75) is 24.8 Å². The third-order valence-electron chi connectivity index (χ3n) is 4.51. The molecular formula is C19H17ClFN3. The number of halogens is 2. The van der Waals surface area contributed by atoms with Gasteiger partial charge in [-0.3, -0.25) is 9.98 Å². The van der Waals surface area contributed by atoms with Crippen molar-refractivity contribution in [3.8, 4) is 11.3 Å². The third-order valence-corrected chi connectivity index (χ3v) is 4.81. The first-order valence-electron chi connectivity index (χ1n) is 8.08. The number of benzene rings is 1. The van der Waals surface area contributed by atoms with Gasteiger partial charge in [-0.1, -0.05) is 23.7 Å². The Kier molecular flexibility index (Phi) is 3.85. The highest BCUT2D eigenvalue weighted by Crippen LogP contribution is 2.46. The fraction of sp³-hybridized carbons (Fsp3) is 0.263. The molecule has 1 aliphatic heterocycles. The Hall–Kier alpha value is -2.20. The molecule has 1 aliphatic carbocycles. The average molecular weight is 342 g/mol. The van der Waals surface area contributed by atoms with Crippen LogP contribution in [0.1, 0.15) is 24.8 Å². The molecule has 0 bridgehead atoms. The van der Waals surface area contributed by atoms with E-state index in [-0.39, 0.29) is 11.4 Å². The molecule has 1 N–H and O–H groups in total. The first kappa shape index (κ1) is 15.3. The van der Waals surface area contributed by atoms with E-state index >= 15 is 0 Å². The van der Waals surface area contributed by atoms with Crippen molar-refractivity contribution in [1.82, 2.24) is 10.3 Å². The molecule has 0 atom stereocenters. The quantitative estimate of drug-likeness (QED) is 0.893. The Morgan fingerprint density at radius 3 is 2.75 bits per heavy atom. The fourth-order valence-electron chi connectivity index (χ4n) is 3.03. The Balaban J connectivity index is 1.64. The van der Waals surface area contributed by atoms with E-state index < -0.39 is 0 Å². The van der Waals surface area contributed by atoms with Crippen LogP contribution in [0.2, 0.25) is 5.02 Å². The minimum absolute atomic E-state index is 0.201. The highest BCUT2D eigenvalue weighted by atomic mass is 35.5. The molecule has 0 amide bonds. The van der Waals surface area contributed by atoms with Crippen LogP contribution in [-0.4, -0.2) is 17.4 Å². The summed E-state index contributed by atoms with van der Waals surface area (Å²) in [6.45, 7) is 0.806. The Morgan fingerprint density at radius 1 is 1.21 bits per heavy atom. The van der Waals surface area contributed by atoms with Crippen molar-refractivity contribution in [1.29, 1.82) is 0 Å². The lowest BCUT2D eigenvalue weighted by molar-refractivity contribution is 0.605. The number of hydrogen-bond donors (Lipinski definition) is 1. The van der Waals surface area contributed by atoms with E-state index in [1.807, 2.05) is 12.1 Å². The predicted octanol–water partition coefficient (Wildman–Crippen LogP) is 4.48. The number of amidine groups is 1. The summed E-state index contributed by atoms with van der Waals surface area (Å²) in [5.41, 5.74) is 1.64. The van der Waals surface area contributed by atoms with Gasteiger partial charge in [0.1, 0.15) is 11.7 Å². The molecule has 24 heavy (non-hydrogen) atoms. The monoisotopic (exact) mass is 341 g/mol. The second-order valence-corrected chi connectivity index (χ2v) is 6.60. The number of nitrogens with zero attached hydrogens (tertiary/aromatic N) is 2. The topological polar surface area (TPSA) is 37.3 Å². The van der Waals surface area contributed by atoms with Gasteiger partial charge in [0, 0.05) is 18.3 Å². The number of pyridine rings is 1. The maximum atomic E-state index is 14.7. The van der Waals surface area contributed by atoms with Crippen LogP contribution in [-0.2, 0) is 5.54 Å². The van der Waals surface area contributed by atoms with Crippen molar-refractivity contribution in [2.24, 2.45) is 4.99 Å². The van der Waals surface area contributed by atoms with Gasteiger partial charge in [0.15, 0.2) is 0 Å². The van der Waals surface area contributed by atoms with E-state index in [0.717, 1.165) is 37.2 Å². The first-order valence-corrected chi connectivity index (χ1v) is 8.46. The van der Waals surface area contributed by atoms with Crippen LogP contribution in [0.25, 0.3) is 11.3 Å². The van der Waals surface area contributed by atoms with E-state index in [9.17, 15) is 4.39 Å². The average Bonchev–Trinajstić information content (AvgIpc) is 3.37. The number of rotatable bonds is 3. The van der Waals surface area contributed by atoms with Crippen molar-refractivity contribution in [3.05, 3.63) is 65.1 Å². The molecule has 122 valence electrons. The maximum Gasteiger partial charge on any atom is 0.133 e. The highest BCUT2D eigenvalue weighted by molar-refractivity contribution is 6.33. The van der Waals surface area contributed by atoms with Gasteiger partial charge in [-0.15, -0.1) is 0 Å². The van der Waals surface area contributed by atoms with Gasteiger partial charge < -0.3 is 5.32 Å². The van der Waals surface area contributed by atoms with Gasteiger partial charge in [0.25, 0.3) is 0 Å². The SMILES string of the molecule is Fc1cc(C2(NC3=NCCC=C3)CC2)ccc1-c1ncccc1Cl. The van der Waals surface area contributed by atoms with E-state index in [1.54, 1.807) is 30.5 Å². The second-order valence-electron chi connectivity index (χ2n) is 6.19. The van der Waals surface area contributed by atoms with Crippen LogP contribution in [0.15, 0.2) is 53.7 Å². The maximum absolute atomic E-state index is 14.7. The van der Waals surface area contributed by atoms with Crippen molar-refractivity contribution >= 4 is 17.4 Å². The molecule has 0 unspecified atom stereocenters. The van der Waals surface area contributed by atoms with Crippen molar-refractivity contribution in [2.75, 3.05) is 6.54 Å². The fourth-order valence-corrected chi connectivity index (χ4v) is 3.26. The minimum Gasteiger partial charge on any atom is -0.361 e. The van der Waals surface area contributed by atoms with Gasteiger partial charge in [-0.2, -0.15) is 0 Å². The summed E-state index contributed by atoms with van der Waals surface area (Å²) in [5, 5.41) is 3.92. The largest absolute Gasteiger partial charge is 0.361 e. The second kappa shape index (κ2) is 6.02. The van der Waals surface area contributed by atoms with E-state index in [0.29, 0.717) is 16.3 Å². The van der Waals surface area contributed by atoms with Gasteiger partial charge in [-0.05, 0) is 55.2 Å². The van der Waals surface area contributed by atoms with Crippen molar-refractivity contribution < 1.29 is 4.39 Å². The molecule has 0 saturated heterocycles. The zero-order valence-electron chi connectivity index (χ0n) is 13.1. The molecule has 2 aliphatic rings. The Morgan fingerprint density at radius 2 is 2.08 bits per heavy atom. The van der Waals surface area contributed by atoms with Crippen LogP contribution in [0.4, 0.5) is 4.39 Å². The third kappa shape index (κ3) is 2.82. The Bertz CT molecular complexity index is 840. The summed E-state index contributed by atoms with van der Waals surface area (Å²) in [6.07, 6.45) is 8.66. The lowest BCUT2D eigenvalue weighted by Gasteiger charge is -2.21. The van der Waals surface area contributed by atoms with Gasteiger partial charge in [0.05, 0.1) is 16.3 Å². The summed E-state index contributed by atoms with van der Waals surface area (Å²) in [7, 11) is 0. The van der Waals surface area contributed by atoms with Crippen LogP contribution in [0.3, 0.4) is 0 Å². The standard InChI is InChI=1S/C19H17ClFN3/c20-15-4-3-11-23-18(15)14-7-6-13(12-16(14)21)19(8-9-19)24-17-5-1-2-10-22-17/h1,3-7,11-12H,2,8-10H2,(H,22,24). The number of aliphatic imine (C=N–C) groups is 1. The van der Waals surface area contributed by atoms with Crippen LogP contribution >= 0.6 is 11.6 Å². The van der Waals surface area contributed by atoms with Crippen LogP contribution < -0.4 is 5.32 Å². The molecule has 4 rings (SSSR count). The molecule has 1 saturated carbocycles. The zero-order chi connectivity index (χ0) is 16.6. The molecular weight excluding hydrogens is 325 g/mol. The predicted molar refractivity (Wildman–Crippen MR) is 94.7 cm³/mol. The zero-order valence-corrected chi connectivity index (χ0v) is 13.9. The summed E-state index contributed by atoms with van der Waals surface area (Å²) in [6, 6.07) is 8.76. The summed E-state index contributed by atoms with van der Waals surface area (Å²) < 4.78 is 14.7. The molecule has 2 aromatic rings. The van der Waals surface area contributed by atoms with Gasteiger partial charge in [-0.25, -0.2) is 4.39 Å². The van der Waals surface area contributed by atoms with E-state index in [1.165, 1.54) is 0 Å². The van der Waals surface area contributed by atoms with Crippen LogP contribution in [0.5, 0.6) is 0 Å². The summed E-state index contributed by atoms with van der Waals surface area (Å²) in [5.74, 6) is 0.582. The summed E-state index contributed by atoms with van der Waals surface area (Å²) >= 11 is 6.14. The molecule has 5 heteroatoms. The minimum atomic E-state index is -0.303.